The Balaban J connectivity index is 1.50. The number of benzene rings is 1. The molecule has 1 aromatic heterocycles. The summed E-state index contributed by atoms with van der Waals surface area (Å²) in [5.41, 5.74) is 6.51. The van der Waals surface area contributed by atoms with Gasteiger partial charge in [-0.2, -0.15) is 0 Å². The summed E-state index contributed by atoms with van der Waals surface area (Å²) in [6.45, 7) is 3.20. The largest absolute Gasteiger partial charge is 0.468 e. The third kappa shape index (κ3) is 6.58. The highest BCUT2D eigenvalue weighted by Gasteiger charge is 2.25. The number of hydrogen-bond acceptors (Lipinski definition) is 5. The van der Waals surface area contributed by atoms with Crippen LogP contribution in [-0.4, -0.2) is 55.9 Å². The minimum Gasteiger partial charge on any atom is -0.468 e. The highest BCUT2D eigenvalue weighted by Crippen LogP contribution is 2.24. The van der Waals surface area contributed by atoms with E-state index in [9.17, 15) is 9.59 Å². The second-order valence-corrected chi connectivity index (χ2v) is 7.43. The molecule has 166 valence electrons. The highest BCUT2D eigenvalue weighted by atomic mass is 16.3. The van der Waals surface area contributed by atoms with Gasteiger partial charge in [-0.1, -0.05) is 12.1 Å². The number of amides is 2. The Hall–Kier alpha value is -3.33. The lowest BCUT2D eigenvalue weighted by Crippen LogP contribution is -2.42. The molecule has 1 aliphatic heterocycles. The predicted octanol–water partition coefficient (Wildman–Crippen LogP) is 0.997. The molecule has 0 radical (unpaired) electrons. The van der Waals surface area contributed by atoms with Crippen LogP contribution in [0.4, 0.5) is 0 Å². The lowest BCUT2D eigenvalue weighted by atomic mass is 10.1. The van der Waals surface area contributed by atoms with Crippen LogP contribution in [0.5, 0.6) is 0 Å². The van der Waals surface area contributed by atoms with Crippen LogP contribution >= 0.6 is 0 Å². The lowest BCUT2D eigenvalue weighted by Gasteiger charge is -2.26. The van der Waals surface area contributed by atoms with Gasteiger partial charge in [0.05, 0.1) is 18.8 Å². The van der Waals surface area contributed by atoms with Crippen molar-refractivity contribution in [1.29, 1.82) is 0 Å². The summed E-state index contributed by atoms with van der Waals surface area (Å²) in [5.74, 6) is 0.739. The molecule has 2 heterocycles. The monoisotopic (exact) mass is 426 g/mol. The van der Waals surface area contributed by atoms with E-state index in [-0.39, 0.29) is 18.5 Å². The van der Waals surface area contributed by atoms with Gasteiger partial charge >= 0.3 is 0 Å². The van der Waals surface area contributed by atoms with E-state index in [0.29, 0.717) is 24.6 Å². The molecule has 1 unspecified atom stereocenters. The number of carbonyl (C=O) groups excluding carboxylic acids is 2. The van der Waals surface area contributed by atoms with Gasteiger partial charge in [0.2, 0.25) is 5.91 Å². The third-order valence-electron chi connectivity index (χ3n) is 5.24. The van der Waals surface area contributed by atoms with E-state index in [1.54, 1.807) is 25.4 Å². The molecule has 5 N–H and O–H groups in total. The van der Waals surface area contributed by atoms with E-state index in [1.807, 2.05) is 24.3 Å². The van der Waals surface area contributed by atoms with Crippen molar-refractivity contribution in [2.24, 2.45) is 10.7 Å². The Labute approximate surface area is 182 Å². The molecule has 1 aliphatic rings. The molecule has 1 fully saturated rings. The molecule has 31 heavy (non-hydrogen) atoms. The summed E-state index contributed by atoms with van der Waals surface area (Å²) >= 11 is 0. The molecule has 0 aliphatic carbocycles. The fourth-order valence-corrected chi connectivity index (χ4v) is 3.59. The van der Waals surface area contributed by atoms with E-state index in [2.05, 4.69) is 25.8 Å². The minimum atomic E-state index is -0.577. The Morgan fingerprint density at radius 1 is 1.13 bits per heavy atom. The van der Waals surface area contributed by atoms with Crippen LogP contribution in [0.15, 0.2) is 52.1 Å². The Bertz CT molecular complexity index is 873. The van der Waals surface area contributed by atoms with E-state index < -0.39 is 5.91 Å². The number of primary amides is 1. The van der Waals surface area contributed by atoms with Crippen molar-refractivity contribution in [2.75, 3.05) is 33.2 Å². The maximum absolute atomic E-state index is 12.0. The highest BCUT2D eigenvalue weighted by molar-refractivity contribution is 5.96. The molecule has 2 aromatic rings. The molecular weight excluding hydrogens is 396 g/mol. The number of furan rings is 1. The van der Waals surface area contributed by atoms with Crippen molar-refractivity contribution >= 4 is 17.8 Å². The Kier molecular flexibility index (Phi) is 8.05. The number of nitrogens with one attached hydrogen (secondary N) is 3. The van der Waals surface area contributed by atoms with E-state index in [4.69, 9.17) is 10.2 Å². The van der Waals surface area contributed by atoms with Gasteiger partial charge in [-0.05, 0) is 55.8 Å². The van der Waals surface area contributed by atoms with Crippen LogP contribution in [0, 0.1) is 0 Å². The molecule has 1 aromatic carbocycles. The summed E-state index contributed by atoms with van der Waals surface area (Å²) in [4.78, 5) is 29.5. The van der Waals surface area contributed by atoms with Crippen LogP contribution in [-0.2, 0) is 11.3 Å². The second kappa shape index (κ2) is 11.2. The number of nitrogens with zero attached hydrogens (tertiary/aromatic N) is 2. The van der Waals surface area contributed by atoms with E-state index in [0.717, 1.165) is 24.4 Å². The molecular formula is C22H30N6O3. The topological polar surface area (TPSA) is 125 Å². The molecule has 1 saturated heterocycles. The molecule has 9 nitrogen and oxygen atoms in total. The summed E-state index contributed by atoms with van der Waals surface area (Å²) in [5, 5.41) is 9.15. The lowest BCUT2D eigenvalue weighted by molar-refractivity contribution is -0.117. The number of likely N-dealkylation sites (tertiary alicyclic amines) is 1. The first-order chi connectivity index (χ1) is 15.1. The number of nitrogens with two attached hydrogens (primary N) is 1. The van der Waals surface area contributed by atoms with Gasteiger partial charge in [-0.3, -0.25) is 19.5 Å². The first-order valence-corrected chi connectivity index (χ1v) is 10.4. The van der Waals surface area contributed by atoms with Crippen LogP contribution < -0.4 is 21.7 Å². The van der Waals surface area contributed by atoms with Gasteiger partial charge in [0, 0.05) is 25.7 Å². The van der Waals surface area contributed by atoms with Gasteiger partial charge in [0.25, 0.3) is 5.91 Å². The van der Waals surface area contributed by atoms with Crippen LogP contribution in [0.25, 0.3) is 0 Å². The normalized spacial score (nSPS) is 15.5. The molecule has 2 amide bonds. The van der Waals surface area contributed by atoms with Gasteiger partial charge in [-0.15, -0.1) is 0 Å². The molecule has 9 heteroatoms. The Morgan fingerprint density at radius 3 is 2.48 bits per heavy atom. The van der Waals surface area contributed by atoms with Gasteiger partial charge in [-0.25, -0.2) is 0 Å². The number of carbonyl (C=O) groups is 2. The SMILES string of the molecule is CN=C(NCc1ccc(C(=O)NCC(N)=O)cc1)NCC(c1ccco1)N1CCCC1. The van der Waals surface area contributed by atoms with Crippen molar-refractivity contribution in [3.63, 3.8) is 0 Å². The summed E-state index contributed by atoms with van der Waals surface area (Å²) < 4.78 is 5.66. The third-order valence-corrected chi connectivity index (χ3v) is 5.24. The molecule has 1 atom stereocenters. The first kappa shape index (κ1) is 22.4. The Morgan fingerprint density at radius 2 is 1.87 bits per heavy atom. The van der Waals surface area contributed by atoms with Gasteiger partial charge in [0.1, 0.15) is 5.76 Å². The maximum atomic E-state index is 12.0. The van der Waals surface area contributed by atoms with Crippen molar-refractivity contribution < 1.29 is 14.0 Å². The zero-order chi connectivity index (χ0) is 22.1. The fourth-order valence-electron chi connectivity index (χ4n) is 3.59. The van der Waals surface area contributed by atoms with Gasteiger partial charge < -0.3 is 26.1 Å². The number of rotatable bonds is 9. The average molecular weight is 427 g/mol. The van der Waals surface area contributed by atoms with E-state index >= 15 is 0 Å². The van der Waals surface area contributed by atoms with Crippen LogP contribution in [0.3, 0.4) is 0 Å². The van der Waals surface area contributed by atoms with Crippen molar-refractivity contribution in [2.45, 2.75) is 25.4 Å². The zero-order valence-corrected chi connectivity index (χ0v) is 17.8. The quantitative estimate of drug-likeness (QED) is 0.350. The summed E-state index contributed by atoms with van der Waals surface area (Å²) in [7, 11) is 1.74. The zero-order valence-electron chi connectivity index (χ0n) is 17.8. The number of hydrogen-bond donors (Lipinski definition) is 4. The molecule has 0 saturated carbocycles. The second-order valence-electron chi connectivity index (χ2n) is 7.43. The van der Waals surface area contributed by atoms with E-state index in [1.165, 1.54) is 12.8 Å². The summed E-state index contributed by atoms with van der Waals surface area (Å²) in [6, 6.07) is 11.2. The van der Waals surface area contributed by atoms with Crippen LogP contribution in [0.2, 0.25) is 0 Å². The molecule has 0 bridgehead atoms. The summed E-state index contributed by atoms with van der Waals surface area (Å²) in [6.07, 6.45) is 4.13. The smallest absolute Gasteiger partial charge is 0.251 e. The van der Waals surface area contributed by atoms with Gasteiger partial charge in [0.15, 0.2) is 5.96 Å². The van der Waals surface area contributed by atoms with Crippen molar-refractivity contribution in [3.8, 4) is 0 Å². The number of guanidine groups is 1. The minimum absolute atomic E-state index is 0.161. The average Bonchev–Trinajstić information content (AvgIpc) is 3.49. The first-order valence-electron chi connectivity index (χ1n) is 10.4. The fraction of sp³-hybridized carbons (Fsp3) is 0.409. The predicted molar refractivity (Wildman–Crippen MR) is 118 cm³/mol. The van der Waals surface area contributed by atoms with Crippen molar-refractivity contribution in [1.82, 2.24) is 20.9 Å². The maximum Gasteiger partial charge on any atom is 0.251 e. The molecule has 3 rings (SSSR count). The van der Waals surface area contributed by atoms with Crippen LogP contribution in [0.1, 0.15) is 40.6 Å². The standard InChI is InChI=1S/C22H30N6O3/c1-24-22(27-14-18(19-5-4-12-31-19)28-10-2-3-11-28)26-13-16-6-8-17(9-7-16)21(30)25-15-20(23)29/h4-9,12,18H,2-3,10-11,13-15H2,1H3,(H2,23,29)(H,25,30)(H2,24,26,27). The van der Waals surface area contributed by atoms with Crippen molar-refractivity contribution in [3.05, 3.63) is 59.5 Å². The number of aliphatic imine (C=N–C) groups is 1. The molecule has 0 spiro atoms.